The third-order valence-corrected chi connectivity index (χ3v) is 4.72. The largest absolute Gasteiger partial charge is 0.493 e. The number of halogens is 1. The van der Waals surface area contributed by atoms with E-state index < -0.39 is 12.6 Å². The number of methoxy groups -OCH3 is 1. The molecule has 0 atom stereocenters. The van der Waals surface area contributed by atoms with Crippen LogP contribution in [0, 0.1) is 11.3 Å². The van der Waals surface area contributed by atoms with Crippen LogP contribution in [0.5, 0.6) is 5.75 Å². The molecule has 6 nitrogen and oxygen atoms in total. The molecule has 2 aromatic carbocycles. The molecule has 7 heteroatoms. The summed E-state index contributed by atoms with van der Waals surface area (Å²) in [6.07, 6.45) is 0.349. The van der Waals surface area contributed by atoms with E-state index in [1.54, 1.807) is 18.2 Å². The van der Waals surface area contributed by atoms with E-state index >= 15 is 0 Å². The van der Waals surface area contributed by atoms with Crippen molar-refractivity contribution in [2.45, 2.75) is 26.3 Å². The Bertz CT molecular complexity index is 1070. The molecular weight excluding hydrogens is 385 g/mol. The minimum atomic E-state index is -0.460. The number of alkyl halides is 1. The van der Waals surface area contributed by atoms with Crippen LogP contribution in [0.15, 0.2) is 42.5 Å². The summed E-state index contributed by atoms with van der Waals surface area (Å²) in [4.78, 5) is 17.9. The molecule has 0 unspecified atom stereocenters. The van der Waals surface area contributed by atoms with Crippen molar-refractivity contribution in [1.82, 2.24) is 4.98 Å². The molecule has 0 aliphatic carbocycles. The molecule has 156 valence electrons. The first kappa shape index (κ1) is 21.2. The van der Waals surface area contributed by atoms with Crippen molar-refractivity contribution < 1.29 is 18.7 Å². The van der Waals surface area contributed by atoms with Crippen LogP contribution < -0.4 is 9.64 Å². The highest BCUT2D eigenvalue weighted by Gasteiger charge is 2.26. The number of aromatic amines is 1. The number of hydrogen-bond acceptors (Lipinski definition) is 5. The molecule has 3 aromatic rings. The number of nitriles is 1. The highest BCUT2D eigenvalue weighted by Crippen LogP contribution is 2.36. The first-order chi connectivity index (χ1) is 14.5. The molecule has 1 heterocycles. The Balaban J connectivity index is 2.07. The van der Waals surface area contributed by atoms with Gasteiger partial charge in [-0.05, 0) is 50.2 Å². The summed E-state index contributed by atoms with van der Waals surface area (Å²) in [6, 6.07) is 14.7. The average Bonchev–Trinajstić information content (AvgIpc) is 3.12. The summed E-state index contributed by atoms with van der Waals surface area (Å²) in [5.74, 6) is 0.783. The minimum Gasteiger partial charge on any atom is -0.493 e. The monoisotopic (exact) mass is 409 g/mol. The lowest BCUT2D eigenvalue weighted by molar-refractivity contribution is 0.0604. The van der Waals surface area contributed by atoms with E-state index in [-0.39, 0.29) is 6.04 Å². The summed E-state index contributed by atoms with van der Waals surface area (Å²) in [6.45, 7) is 3.93. The van der Waals surface area contributed by atoms with Gasteiger partial charge in [0.05, 0.1) is 32.0 Å². The second-order valence-corrected chi connectivity index (χ2v) is 7.06. The zero-order valence-electron chi connectivity index (χ0n) is 17.2. The van der Waals surface area contributed by atoms with Crippen molar-refractivity contribution in [2.24, 2.45) is 0 Å². The maximum Gasteiger partial charge on any atom is 0.342 e. The summed E-state index contributed by atoms with van der Waals surface area (Å²) in [5.41, 5.74) is 2.44. The normalized spacial score (nSPS) is 10.8. The van der Waals surface area contributed by atoms with E-state index in [9.17, 15) is 14.4 Å². The van der Waals surface area contributed by atoms with Gasteiger partial charge in [0.1, 0.15) is 17.1 Å². The Morgan fingerprint density at radius 1 is 1.23 bits per heavy atom. The number of ether oxygens (including phenoxy) is 2. The third-order valence-electron chi connectivity index (χ3n) is 4.72. The van der Waals surface area contributed by atoms with Crippen LogP contribution in [-0.4, -0.2) is 37.4 Å². The van der Waals surface area contributed by atoms with Crippen molar-refractivity contribution in [2.75, 3.05) is 25.3 Å². The maximum absolute atomic E-state index is 12.6. The first-order valence-corrected chi connectivity index (χ1v) is 9.72. The van der Waals surface area contributed by atoms with Gasteiger partial charge in [-0.15, -0.1) is 0 Å². The molecule has 0 saturated carbocycles. The molecule has 30 heavy (non-hydrogen) atoms. The molecule has 0 radical (unpaired) electrons. The van der Waals surface area contributed by atoms with Crippen LogP contribution >= 0.6 is 0 Å². The van der Waals surface area contributed by atoms with Crippen LogP contribution in [0.2, 0.25) is 0 Å². The van der Waals surface area contributed by atoms with Crippen LogP contribution in [-0.2, 0) is 4.74 Å². The van der Waals surface area contributed by atoms with Gasteiger partial charge < -0.3 is 19.4 Å². The molecule has 0 spiro atoms. The first-order valence-electron chi connectivity index (χ1n) is 9.72. The molecule has 3 rings (SSSR count). The van der Waals surface area contributed by atoms with Gasteiger partial charge in [0, 0.05) is 29.1 Å². The van der Waals surface area contributed by atoms with Crippen LogP contribution in [0.25, 0.3) is 10.9 Å². The van der Waals surface area contributed by atoms with Crippen molar-refractivity contribution in [3.8, 4) is 11.8 Å². The zero-order valence-corrected chi connectivity index (χ0v) is 17.2. The fraction of sp³-hybridized carbons (Fsp3) is 0.304. The van der Waals surface area contributed by atoms with Crippen LogP contribution in [0.1, 0.15) is 36.2 Å². The molecular formula is C23H24FN3O3. The predicted octanol–water partition coefficient (Wildman–Crippen LogP) is 5.11. The van der Waals surface area contributed by atoms with Gasteiger partial charge in [-0.2, -0.15) is 5.26 Å². The average molecular weight is 409 g/mol. The van der Waals surface area contributed by atoms with E-state index in [0.717, 1.165) is 5.69 Å². The molecule has 1 N–H and O–H groups in total. The number of nitrogens with one attached hydrogen (secondary N) is 1. The summed E-state index contributed by atoms with van der Waals surface area (Å²) < 4.78 is 22.8. The fourth-order valence-corrected chi connectivity index (χ4v) is 3.38. The van der Waals surface area contributed by atoms with Gasteiger partial charge in [-0.25, -0.2) is 4.79 Å². The number of H-pyrrole nitrogens is 1. The molecule has 0 aliphatic rings. The van der Waals surface area contributed by atoms with Crippen molar-refractivity contribution in [1.29, 1.82) is 5.26 Å². The number of anilines is 2. The standard InChI is InChI=1S/C23H24FN3O3/c1-15(2)27(17-6-8-18(9-7-17)30-12-4-11-24)22-21(23(28)29-3)19-10-5-16(14-25)13-20(19)26-22/h5-10,13,15,26H,4,11-12H2,1-3H3. The van der Waals surface area contributed by atoms with Gasteiger partial charge in [-0.1, -0.05) is 6.07 Å². The Kier molecular flexibility index (Phi) is 6.58. The fourth-order valence-electron chi connectivity index (χ4n) is 3.38. The number of carbonyl (C=O) groups excluding carboxylic acids is 1. The summed E-state index contributed by atoms with van der Waals surface area (Å²) in [7, 11) is 1.35. The van der Waals surface area contributed by atoms with Crippen molar-refractivity contribution in [3.63, 3.8) is 0 Å². The van der Waals surface area contributed by atoms with Gasteiger partial charge in [-0.3, -0.25) is 4.39 Å². The molecule has 0 amide bonds. The minimum absolute atomic E-state index is 0.00946. The molecule has 0 aliphatic heterocycles. The second-order valence-electron chi connectivity index (χ2n) is 7.06. The SMILES string of the molecule is COC(=O)c1c(N(c2ccc(OCCCF)cc2)C(C)C)[nH]c2cc(C#N)ccc12. The number of esters is 1. The van der Waals surface area contributed by atoms with E-state index in [1.165, 1.54) is 7.11 Å². The van der Waals surface area contributed by atoms with Crippen LogP contribution in [0.4, 0.5) is 15.9 Å². The van der Waals surface area contributed by atoms with Gasteiger partial charge in [0.25, 0.3) is 0 Å². The lowest BCUT2D eigenvalue weighted by Crippen LogP contribution is -2.27. The Hall–Kier alpha value is -3.53. The van der Waals surface area contributed by atoms with Gasteiger partial charge >= 0.3 is 5.97 Å². The topological polar surface area (TPSA) is 78.3 Å². The van der Waals surface area contributed by atoms with E-state index in [2.05, 4.69) is 11.1 Å². The number of nitrogens with zero attached hydrogens (tertiary/aromatic N) is 2. The second kappa shape index (κ2) is 9.31. The zero-order chi connectivity index (χ0) is 21.7. The van der Waals surface area contributed by atoms with Gasteiger partial charge in [0.2, 0.25) is 0 Å². The molecule has 0 saturated heterocycles. The lowest BCUT2D eigenvalue weighted by Gasteiger charge is -2.28. The van der Waals surface area contributed by atoms with Crippen molar-refractivity contribution in [3.05, 3.63) is 53.6 Å². The summed E-state index contributed by atoms with van der Waals surface area (Å²) >= 11 is 0. The van der Waals surface area contributed by atoms with Gasteiger partial charge in [0.15, 0.2) is 0 Å². The van der Waals surface area contributed by atoms with E-state index in [1.807, 2.05) is 43.0 Å². The van der Waals surface area contributed by atoms with E-state index in [0.29, 0.717) is 46.6 Å². The van der Waals surface area contributed by atoms with Crippen LogP contribution in [0.3, 0.4) is 0 Å². The number of carbonyl (C=O) groups is 1. The Morgan fingerprint density at radius 3 is 2.57 bits per heavy atom. The number of hydrogen-bond donors (Lipinski definition) is 1. The van der Waals surface area contributed by atoms with Crippen molar-refractivity contribution >= 4 is 28.4 Å². The lowest BCUT2D eigenvalue weighted by atomic mass is 10.1. The number of rotatable bonds is 8. The number of aromatic nitrogens is 1. The number of benzene rings is 2. The highest BCUT2D eigenvalue weighted by atomic mass is 19.1. The number of fused-ring (bicyclic) bond motifs is 1. The Morgan fingerprint density at radius 2 is 1.97 bits per heavy atom. The molecule has 0 fully saturated rings. The summed E-state index contributed by atoms with van der Waals surface area (Å²) in [5, 5.41) is 9.90. The predicted molar refractivity (Wildman–Crippen MR) is 114 cm³/mol. The smallest absolute Gasteiger partial charge is 0.342 e. The third kappa shape index (κ3) is 4.23. The molecule has 1 aromatic heterocycles. The van der Waals surface area contributed by atoms with E-state index in [4.69, 9.17) is 9.47 Å². The Labute approximate surface area is 174 Å². The maximum atomic E-state index is 12.6. The molecule has 0 bridgehead atoms. The highest BCUT2D eigenvalue weighted by molar-refractivity contribution is 6.10. The quantitative estimate of drug-likeness (QED) is 0.413.